The fraction of sp³-hybridized carbons (Fsp3) is 0.167. The zero-order chi connectivity index (χ0) is 9.30. The van der Waals surface area contributed by atoms with Gasteiger partial charge < -0.3 is 4.98 Å². The zero-order valence-corrected chi connectivity index (χ0v) is 7.92. The third kappa shape index (κ3) is 1.84. The monoisotopic (exact) mass is 257 g/mol. The summed E-state index contributed by atoms with van der Waals surface area (Å²) >= 11 is 8.12. The number of alkyl halides is 2. The van der Waals surface area contributed by atoms with Crippen LogP contribution in [0.2, 0.25) is 5.02 Å². The van der Waals surface area contributed by atoms with Crippen molar-refractivity contribution in [3.8, 4) is 0 Å². The number of aromatic amines is 1. The predicted octanol–water partition coefficient (Wildman–Crippen LogP) is 2.73. The van der Waals surface area contributed by atoms with Crippen LogP contribution in [0.3, 0.4) is 0 Å². The second-order valence-electron chi connectivity index (χ2n) is 2.02. The molecule has 1 rings (SSSR count). The maximum atomic E-state index is 12.1. The maximum absolute atomic E-state index is 12.1. The van der Waals surface area contributed by atoms with Crippen LogP contribution in [0, 0.1) is 0 Å². The number of hydrogen-bond donors (Lipinski definition) is 1. The van der Waals surface area contributed by atoms with Gasteiger partial charge in [0.05, 0.1) is 10.2 Å². The SMILES string of the molecule is O=c1[nH]c(Br)c(C(F)F)cc1Cl. The number of aromatic nitrogens is 1. The molecule has 1 aromatic rings. The van der Waals surface area contributed by atoms with Gasteiger partial charge in [0, 0.05) is 0 Å². The van der Waals surface area contributed by atoms with Crippen LogP contribution in [-0.4, -0.2) is 4.98 Å². The first-order chi connectivity index (χ1) is 5.52. The Bertz CT molecular complexity index is 352. The summed E-state index contributed by atoms with van der Waals surface area (Å²) in [4.78, 5) is 12.9. The van der Waals surface area contributed by atoms with Gasteiger partial charge in [0.2, 0.25) is 0 Å². The highest BCUT2D eigenvalue weighted by Gasteiger charge is 2.13. The second-order valence-corrected chi connectivity index (χ2v) is 3.22. The Hall–Kier alpha value is -0.420. The third-order valence-corrected chi connectivity index (χ3v) is 2.15. The molecule has 1 heterocycles. The van der Waals surface area contributed by atoms with Crippen LogP contribution in [0.1, 0.15) is 12.0 Å². The Labute approximate surface area is 79.7 Å². The van der Waals surface area contributed by atoms with E-state index in [4.69, 9.17) is 11.6 Å². The van der Waals surface area contributed by atoms with Gasteiger partial charge in [-0.25, -0.2) is 8.78 Å². The highest BCUT2D eigenvalue weighted by Crippen LogP contribution is 2.25. The number of rotatable bonds is 1. The van der Waals surface area contributed by atoms with E-state index in [0.29, 0.717) is 0 Å². The number of nitrogens with one attached hydrogen (secondary N) is 1. The minimum Gasteiger partial charge on any atom is -0.315 e. The molecule has 0 aliphatic rings. The molecule has 0 spiro atoms. The van der Waals surface area contributed by atoms with Crippen LogP contribution in [-0.2, 0) is 0 Å². The lowest BCUT2D eigenvalue weighted by Gasteiger charge is -2.01. The molecule has 0 bridgehead atoms. The van der Waals surface area contributed by atoms with Gasteiger partial charge in [0.25, 0.3) is 12.0 Å². The van der Waals surface area contributed by atoms with Gasteiger partial charge >= 0.3 is 0 Å². The molecule has 1 N–H and O–H groups in total. The summed E-state index contributed by atoms with van der Waals surface area (Å²) in [5.41, 5.74) is -0.910. The van der Waals surface area contributed by atoms with Crippen molar-refractivity contribution in [1.29, 1.82) is 0 Å². The van der Waals surface area contributed by atoms with E-state index in [-0.39, 0.29) is 15.2 Å². The summed E-state index contributed by atoms with van der Waals surface area (Å²) in [6.45, 7) is 0. The molecule has 12 heavy (non-hydrogen) atoms. The molecule has 6 heteroatoms. The van der Waals surface area contributed by atoms with Crippen LogP contribution in [0.15, 0.2) is 15.5 Å². The molecule has 0 unspecified atom stereocenters. The molecule has 0 aliphatic heterocycles. The van der Waals surface area contributed by atoms with Crippen molar-refractivity contribution in [3.63, 3.8) is 0 Å². The Kier molecular flexibility index (Phi) is 2.85. The summed E-state index contributed by atoms with van der Waals surface area (Å²) in [5, 5.41) is -0.242. The molecule has 0 radical (unpaired) electrons. The Morgan fingerprint density at radius 3 is 2.67 bits per heavy atom. The number of H-pyrrole nitrogens is 1. The van der Waals surface area contributed by atoms with Crippen molar-refractivity contribution in [2.75, 3.05) is 0 Å². The first-order valence-corrected chi connectivity index (χ1v) is 4.06. The topological polar surface area (TPSA) is 32.9 Å². The lowest BCUT2D eigenvalue weighted by Crippen LogP contribution is -2.08. The van der Waals surface area contributed by atoms with Crippen molar-refractivity contribution in [2.24, 2.45) is 0 Å². The van der Waals surface area contributed by atoms with Gasteiger partial charge in [-0.15, -0.1) is 0 Å². The molecule has 0 aromatic carbocycles. The van der Waals surface area contributed by atoms with Crippen LogP contribution in [0.25, 0.3) is 0 Å². The number of pyridine rings is 1. The summed E-state index contributed by atoms with van der Waals surface area (Å²) in [6, 6.07) is 0.940. The highest BCUT2D eigenvalue weighted by molar-refractivity contribution is 9.10. The first kappa shape index (κ1) is 9.67. The van der Waals surface area contributed by atoms with Crippen LogP contribution >= 0.6 is 27.5 Å². The van der Waals surface area contributed by atoms with Crippen molar-refractivity contribution < 1.29 is 8.78 Å². The molecule has 0 atom stereocenters. The zero-order valence-electron chi connectivity index (χ0n) is 5.57. The van der Waals surface area contributed by atoms with Gasteiger partial charge in [-0.05, 0) is 22.0 Å². The maximum Gasteiger partial charge on any atom is 0.267 e. The van der Waals surface area contributed by atoms with Crippen LogP contribution in [0.5, 0.6) is 0 Å². The molecule has 0 amide bonds. The smallest absolute Gasteiger partial charge is 0.267 e. The summed E-state index contributed by atoms with van der Waals surface area (Å²) < 4.78 is 24.2. The van der Waals surface area contributed by atoms with Crippen molar-refractivity contribution in [1.82, 2.24) is 4.98 Å². The van der Waals surface area contributed by atoms with E-state index in [0.717, 1.165) is 6.07 Å². The lowest BCUT2D eigenvalue weighted by molar-refractivity contribution is 0.150. The Morgan fingerprint density at radius 2 is 2.17 bits per heavy atom. The van der Waals surface area contributed by atoms with Crippen molar-refractivity contribution in [3.05, 3.63) is 31.6 Å². The third-order valence-electron chi connectivity index (χ3n) is 1.21. The van der Waals surface area contributed by atoms with E-state index in [1.807, 2.05) is 0 Å². The standard InChI is InChI=1S/C6H3BrClF2NO/c7-4-2(5(9)10)1-3(8)6(12)11-4/h1,5H,(H,11,12). The van der Waals surface area contributed by atoms with E-state index in [9.17, 15) is 13.6 Å². The van der Waals surface area contributed by atoms with E-state index in [1.54, 1.807) is 0 Å². The first-order valence-electron chi connectivity index (χ1n) is 2.88. The van der Waals surface area contributed by atoms with E-state index < -0.39 is 12.0 Å². The van der Waals surface area contributed by atoms with Gasteiger partial charge in [0.1, 0.15) is 5.02 Å². The normalized spacial score (nSPS) is 10.8. The van der Waals surface area contributed by atoms with E-state index >= 15 is 0 Å². The Morgan fingerprint density at radius 1 is 1.58 bits per heavy atom. The average Bonchev–Trinajstić information content (AvgIpc) is 1.96. The molecule has 0 saturated heterocycles. The fourth-order valence-electron chi connectivity index (χ4n) is 0.656. The van der Waals surface area contributed by atoms with Gasteiger partial charge in [0.15, 0.2) is 0 Å². The second kappa shape index (κ2) is 3.53. The lowest BCUT2D eigenvalue weighted by atomic mass is 10.3. The number of hydrogen-bond acceptors (Lipinski definition) is 1. The van der Waals surface area contributed by atoms with Crippen LogP contribution < -0.4 is 5.56 Å². The minimum atomic E-state index is -2.66. The van der Waals surface area contributed by atoms with Crippen LogP contribution in [0.4, 0.5) is 8.78 Å². The van der Waals surface area contributed by atoms with E-state index in [1.165, 1.54) is 0 Å². The van der Waals surface area contributed by atoms with Gasteiger partial charge in [-0.3, -0.25) is 4.79 Å². The quantitative estimate of drug-likeness (QED) is 0.772. The average molecular weight is 258 g/mol. The summed E-state index contributed by atoms with van der Waals surface area (Å²) in [6.07, 6.45) is -2.66. The molecule has 2 nitrogen and oxygen atoms in total. The van der Waals surface area contributed by atoms with Gasteiger partial charge in [-0.2, -0.15) is 0 Å². The van der Waals surface area contributed by atoms with Crippen molar-refractivity contribution in [2.45, 2.75) is 6.43 Å². The predicted molar refractivity (Wildman–Crippen MR) is 44.7 cm³/mol. The van der Waals surface area contributed by atoms with E-state index in [2.05, 4.69) is 20.9 Å². The molecular formula is C6H3BrClF2NO. The number of halogens is 4. The molecular weight excluding hydrogens is 255 g/mol. The summed E-state index contributed by atoms with van der Waals surface area (Å²) in [7, 11) is 0. The Balaban J connectivity index is 3.33. The summed E-state index contributed by atoms with van der Waals surface area (Å²) in [5.74, 6) is 0. The largest absolute Gasteiger partial charge is 0.315 e. The molecule has 1 aromatic heterocycles. The molecule has 0 aliphatic carbocycles. The highest BCUT2D eigenvalue weighted by atomic mass is 79.9. The van der Waals surface area contributed by atoms with Crippen molar-refractivity contribution >= 4 is 27.5 Å². The molecule has 66 valence electrons. The fourth-order valence-corrected chi connectivity index (χ4v) is 1.29. The molecule has 0 fully saturated rings. The van der Waals surface area contributed by atoms with Gasteiger partial charge in [-0.1, -0.05) is 11.6 Å². The molecule has 0 saturated carbocycles. The minimum absolute atomic E-state index is 0.0353.